The van der Waals surface area contributed by atoms with Crippen LogP contribution >= 0.6 is 0 Å². The van der Waals surface area contributed by atoms with Crippen molar-refractivity contribution in [1.29, 1.82) is 0 Å². The molecule has 2 heterocycles. The Balaban J connectivity index is 1.91. The fraction of sp³-hybridized carbons (Fsp3) is 0.519. The van der Waals surface area contributed by atoms with Gasteiger partial charge >= 0.3 is 18.2 Å². The summed E-state index contributed by atoms with van der Waals surface area (Å²) in [6.45, 7) is 13.0. The standard InChI is InChI=1S/C27H37N5O6/c1-9-36-23(33)21-16-18(29-30(21)8)17-31(24(34)37-26(2,3)4)15-14-22-28-19-12-10-11-13-20(19)32(22)25(35)38-27(5,6)7/h10-13,16H,9,14-15,17H2,1-8H3. The molecule has 0 aliphatic carbocycles. The lowest BCUT2D eigenvalue weighted by Gasteiger charge is -2.27. The fourth-order valence-corrected chi connectivity index (χ4v) is 3.75. The van der Waals surface area contributed by atoms with Crippen molar-refractivity contribution in [2.24, 2.45) is 7.05 Å². The predicted octanol–water partition coefficient (Wildman–Crippen LogP) is 4.71. The summed E-state index contributed by atoms with van der Waals surface area (Å²) >= 11 is 0. The van der Waals surface area contributed by atoms with Crippen LogP contribution in [0.2, 0.25) is 0 Å². The topological polar surface area (TPSA) is 118 Å². The van der Waals surface area contributed by atoms with Crippen LogP contribution in [-0.4, -0.2) is 66.7 Å². The van der Waals surface area contributed by atoms with E-state index in [2.05, 4.69) is 10.1 Å². The molecule has 0 unspecified atom stereocenters. The molecule has 3 aromatic rings. The van der Waals surface area contributed by atoms with Crippen molar-refractivity contribution < 1.29 is 28.6 Å². The van der Waals surface area contributed by atoms with Gasteiger partial charge in [0.2, 0.25) is 0 Å². The minimum atomic E-state index is -0.723. The molecular formula is C27H37N5O6. The summed E-state index contributed by atoms with van der Waals surface area (Å²) in [5.41, 5.74) is 0.599. The minimum Gasteiger partial charge on any atom is -0.461 e. The van der Waals surface area contributed by atoms with Crippen LogP contribution in [0.3, 0.4) is 0 Å². The number of nitrogens with zero attached hydrogens (tertiary/aromatic N) is 5. The van der Waals surface area contributed by atoms with Crippen molar-refractivity contribution in [2.45, 2.75) is 72.6 Å². The number of ether oxygens (including phenoxy) is 3. The van der Waals surface area contributed by atoms with Crippen molar-refractivity contribution in [2.75, 3.05) is 13.2 Å². The highest BCUT2D eigenvalue weighted by Crippen LogP contribution is 2.21. The Morgan fingerprint density at radius 2 is 1.66 bits per heavy atom. The molecular weight excluding hydrogens is 490 g/mol. The molecule has 0 aliphatic heterocycles. The summed E-state index contributed by atoms with van der Waals surface area (Å²) in [4.78, 5) is 44.6. The average Bonchev–Trinajstić information content (AvgIpc) is 3.34. The van der Waals surface area contributed by atoms with E-state index in [0.717, 1.165) is 0 Å². The second-order valence-electron chi connectivity index (χ2n) is 10.8. The number of aryl methyl sites for hydroxylation is 1. The molecule has 0 saturated heterocycles. The highest BCUT2D eigenvalue weighted by Gasteiger charge is 2.27. The van der Waals surface area contributed by atoms with E-state index >= 15 is 0 Å². The molecule has 0 atom stereocenters. The maximum atomic E-state index is 13.1. The van der Waals surface area contributed by atoms with Crippen LogP contribution in [0.5, 0.6) is 0 Å². The van der Waals surface area contributed by atoms with Crippen LogP contribution in [-0.2, 0) is 34.2 Å². The van der Waals surface area contributed by atoms with Crippen molar-refractivity contribution in [1.82, 2.24) is 24.2 Å². The third-order valence-corrected chi connectivity index (χ3v) is 5.23. The number of para-hydroxylation sites is 2. The van der Waals surface area contributed by atoms with Crippen LogP contribution in [0.15, 0.2) is 30.3 Å². The second-order valence-corrected chi connectivity index (χ2v) is 10.8. The summed E-state index contributed by atoms with van der Waals surface area (Å²) in [6.07, 6.45) is -0.861. The molecule has 206 valence electrons. The van der Waals surface area contributed by atoms with Gasteiger partial charge < -0.3 is 19.1 Å². The van der Waals surface area contributed by atoms with Gasteiger partial charge in [-0.1, -0.05) is 12.1 Å². The molecule has 11 nitrogen and oxygen atoms in total. The zero-order valence-electron chi connectivity index (χ0n) is 23.4. The third kappa shape index (κ3) is 7.33. The molecule has 0 aliphatic rings. The third-order valence-electron chi connectivity index (χ3n) is 5.23. The first-order valence-corrected chi connectivity index (χ1v) is 12.6. The molecule has 0 fully saturated rings. The smallest absolute Gasteiger partial charge is 0.420 e. The first kappa shape index (κ1) is 28.7. The van der Waals surface area contributed by atoms with E-state index < -0.39 is 29.4 Å². The summed E-state index contributed by atoms with van der Waals surface area (Å²) < 4.78 is 19.2. The molecule has 38 heavy (non-hydrogen) atoms. The van der Waals surface area contributed by atoms with Crippen LogP contribution < -0.4 is 0 Å². The lowest BCUT2D eigenvalue weighted by atomic mass is 10.2. The molecule has 2 aromatic heterocycles. The van der Waals surface area contributed by atoms with E-state index in [1.165, 1.54) is 14.1 Å². The number of aromatic nitrogens is 4. The van der Waals surface area contributed by atoms with Crippen molar-refractivity contribution in [3.8, 4) is 0 Å². The lowest BCUT2D eigenvalue weighted by molar-refractivity contribution is 0.0232. The molecule has 0 radical (unpaired) electrons. The quantitative estimate of drug-likeness (QED) is 0.320. The lowest BCUT2D eigenvalue weighted by Crippen LogP contribution is -2.38. The minimum absolute atomic E-state index is 0.0782. The SMILES string of the molecule is CCOC(=O)c1cc(CN(CCc2nc3ccccc3n2C(=O)OC(C)(C)C)C(=O)OC(C)(C)C)nn1C. The van der Waals surface area contributed by atoms with E-state index in [9.17, 15) is 14.4 Å². The van der Waals surface area contributed by atoms with Crippen molar-refractivity contribution in [3.05, 3.63) is 47.5 Å². The van der Waals surface area contributed by atoms with E-state index in [0.29, 0.717) is 22.6 Å². The number of carbonyl (C=O) groups excluding carboxylic acids is 3. The van der Waals surface area contributed by atoms with Crippen LogP contribution in [0, 0.1) is 0 Å². The number of hydrogen-bond donors (Lipinski definition) is 0. The molecule has 1 amide bonds. The number of carbonyl (C=O) groups is 3. The number of hydrogen-bond acceptors (Lipinski definition) is 8. The number of imidazole rings is 1. The normalized spacial score (nSPS) is 11.9. The molecule has 3 rings (SSSR count). The number of amides is 1. The van der Waals surface area contributed by atoms with Gasteiger partial charge in [-0.05, 0) is 66.7 Å². The Morgan fingerprint density at radius 1 is 1.00 bits per heavy atom. The van der Waals surface area contributed by atoms with Crippen LogP contribution in [0.4, 0.5) is 9.59 Å². The molecule has 11 heteroatoms. The fourth-order valence-electron chi connectivity index (χ4n) is 3.75. The Morgan fingerprint density at radius 3 is 2.29 bits per heavy atom. The molecule has 1 aromatic carbocycles. The van der Waals surface area contributed by atoms with Crippen molar-refractivity contribution >= 4 is 29.2 Å². The first-order valence-electron chi connectivity index (χ1n) is 12.6. The van der Waals surface area contributed by atoms with E-state index in [-0.39, 0.29) is 31.8 Å². The molecule has 0 N–H and O–H groups in total. The number of esters is 1. The highest BCUT2D eigenvalue weighted by molar-refractivity contribution is 5.88. The Kier molecular flexibility index (Phi) is 8.48. The van der Waals surface area contributed by atoms with Gasteiger partial charge in [-0.3, -0.25) is 4.68 Å². The predicted molar refractivity (Wildman–Crippen MR) is 141 cm³/mol. The zero-order chi connectivity index (χ0) is 28.3. The van der Waals surface area contributed by atoms with Gasteiger partial charge in [0, 0.05) is 20.0 Å². The molecule has 0 bridgehead atoms. The Bertz CT molecular complexity index is 1310. The first-order chi connectivity index (χ1) is 17.7. The second kappa shape index (κ2) is 11.2. The summed E-state index contributed by atoms with van der Waals surface area (Å²) in [5, 5.41) is 4.38. The van der Waals surface area contributed by atoms with Gasteiger partial charge in [0.15, 0.2) is 0 Å². The monoisotopic (exact) mass is 527 g/mol. The number of rotatable bonds is 7. The van der Waals surface area contributed by atoms with Gasteiger partial charge in [-0.25, -0.2) is 23.9 Å². The Labute approximate surface area is 222 Å². The van der Waals surface area contributed by atoms with Gasteiger partial charge in [0.25, 0.3) is 0 Å². The van der Waals surface area contributed by atoms with Gasteiger partial charge in [0.1, 0.15) is 22.7 Å². The Hall–Kier alpha value is -3.89. The van der Waals surface area contributed by atoms with Gasteiger partial charge in [0.05, 0.1) is 29.9 Å². The molecule has 0 spiro atoms. The number of benzene rings is 1. The molecule has 0 saturated carbocycles. The highest BCUT2D eigenvalue weighted by atomic mass is 16.6. The zero-order valence-corrected chi connectivity index (χ0v) is 23.4. The van der Waals surface area contributed by atoms with E-state index in [1.54, 1.807) is 67.6 Å². The number of fused-ring (bicyclic) bond motifs is 1. The largest absolute Gasteiger partial charge is 0.461 e. The van der Waals surface area contributed by atoms with Crippen LogP contribution in [0.25, 0.3) is 11.0 Å². The maximum Gasteiger partial charge on any atom is 0.420 e. The van der Waals surface area contributed by atoms with Crippen molar-refractivity contribution in [3.63, 3.8) is 0 Å². The average molecular weight is 528 g/mol. The summed E-state index contributed by atoms with van der Waals surface area (Å²) in [6, 6.07) is 8.87. The van der Waals surface area contributed by atoms with E-state index in [4.69, 9.17) is 14.2 Å². The van der Waals surface area contributed by atoms with E-state index in [1.807, 2.05) is 18.2 Å². The van der Waals surface area contributed by atoms with Gasteiger partial charge in [-0.2, -0.15) is 5.10 Å². The summed E-state index contributed by atoms with van der Waals surface area (Å²) in [5.74, 6) is -0.0501. The maximum absolute atomic E-state index is 13.1. The summed E-state index contributed by atoms with van der Waals surface area (Å²) in [7, 11) is 1.64. The van der Waals surface area contributed by atoms with Crippen LogP contribution in [0.1, 0.15) is 70.5 Å². The van der Waals surface area contributed by atoms with Gasteiger partial charge in [-0.15, -0.1) is 0 Å².